The van der Waals surface area contributed by atoms with Gasteiger partial charge in [0.2, 0.25) is 23.4 Å². The van der Waals surface area contributed by atoms with Gasteiger partial charge in [-0.3, -0.25) is 4.79 Å². The summed E-state index contributed by atoms with van der Waals surface area (Å²) in [5, 5.41) is 9.35. The second-order valence-corrected chi connectivity index (χ2v) is 5.76. The van der Waals surface area contributed by atoms with E-state index in [9.17, 15) is 10.1 Å². The van der Waals surface area contributed by atoms with Gasteiger partial charge in [0.05, 0.1) is 0 Å². The number of anilines is 1. The number of hydrogen-bond donors (Lipinski definition) is 1. The number of nitrogens with two attached hydrogens (primary N) is 1. The molecule has 1 fully saturated rings. The Kier molecular flexibility index (Phi) is 4.02. The molecule has 0 bridgehead atoms. The van der Waals surface area contributed by atoms with E-state index in [-0.39, 0.29) is 17.5 Å². The van der Waals surface area contributed by atoms with Gasteiger partial charge in [-0.1, -0.05) is 18.2 Å². The number of oxazole rings is 1. The largest absolute Gasteiger partial charge is 0.419 e. The predicted octanol–water partition coefficient (Wildman–Crippen LogP) is 2.22. The first-order valence-electron chi connectivity index (χ1n) is 7.61. The molecule has 0 spiro atoms. The van der Waals surface area contributed by atoms with Gasteiger partial charge < -0.3 is 15.1 Å². The number of carbonyl (C=O) groups excluding carboxylic acids is 1. The van der Waals surface area contributed by atoms with Gasteiger partial charge in [-0.25, -0.2) is 0 Å². The molecule has 1 aromatic heterocycles. The number of aryl methyl sites for hydroxylation is 1. The van der Waals surface area contributed by atoms with Crippen molar-refractivity contribution in [1.29, 1.82) is 5.26 Å². The summed E-state index contributed by atoms with van der Waals surface area (Å²) in [4.78, 5) is 17.6. The van der Waals surface area contributed by atoms with Crippen LogP contribution >= 0.6 is 0 Å². The third-order valence-electron chi connectivity index (χ3n) is 4.28. The molecule has 0 unspecified atom stereocenters. The van der Waals surface area contributed by atoms with Gasteiger partial charge in [0.1, 0.15) is 6.07 Å². The lowest BCUT2D eigenvalue weighted by Crippen LogP contribution is -2.38. The van der Waals surface area contributed by atoms with E-state index in [1.54, 1.807) is 0 Å². The number of amides is 1. The van der Waals surface area contributed by atoms with E-state index >= 15 is 0 Å². The number of carbonyl (C=O) groups is 1. The zero-order valence-corrected chi connectivity index (χ0v) is 13.0. The van der Waals surface area contributed by atoms with E-state index in [0.717, 1.165) is 11.1 Å². The van der Waals surface area contributed by atoms with Crippen molar-refractivity contribution in [3.63, 3.8) is 0 Å². The maximum atomic E-state index is 11.3. The molecule has 2 aromatic rings. The first kappa shape index (κ1) is 15.1. The molecule has 1 amide bonds. The van der Waals surface area contributed by atoms with E-state index < -0.39 is 0 Å². The Morgan fingerprint density at radius 2 is 2.09 bits per heavy atom. The van der Waals surface area contributed by atoms with Crippen molar-refractivity contribution in [3.8, 4) is 17.5 Å². The molecule has 3 rings (SSSR count). The second kappa shape index (κ2) is 6.13. The van der Waals surface area contributed by atoms with Gasteiger partial charge in [-0.15, -0.1) is 0 Å². The van der Waals surface area contributed by atoms with Crippen molar-refractivity contribution in [2.24, 2.45) is 11.7 Å². The summed E-state index contributed by atoms with van der Waals surface area (Å²) in [7, 11) is 0. The van der Waals surface area contributed by atoms with Gasteiger partial charge in [-0.2, -0.15) is 10.2 Å². The van der Waals surface area contributed by atoms with Gasteiger partial charge in [0.15, 0.2) is 0 Å². The van der Waals surface area contributed by atoms with Crippen molar-refractivity contribution in [2.75, 3.05) is 18.0 Å². The van der Waals surface area contributed by atoms with Gasteiger partial charge in [-0.05, 0) is 31.4 Å². The molecule has 1 aromatic carbocycles. The summed E-state index contributed by atoms with van der Waals surface area (Å²) < 4.78 is 5.88. The Balaban J connectivity index is 1.88. The summed E-state index contributed by atoms with van der Waals surface area (Å²) in [6.07, 6.45) is 1.33. The average molecular weight is 310 g/mol. The Hall–Kier alpha value is -2.81. The van der Waals surface area contributed by atoms with Crippen LogP contribution in [0.25, 0.3) is 11.5 Å². The van der Waals surface area contributed by atoms with Crippen LogP contribution in [0.4, 0.5) is 5.88 Å². The van der Waals surface area contributed by atoms with Crippen LogP contribution in [-0.2, 0) is 4.79 Å². The topological polar surface area (TPSA) is 96.1 Å². The Morgan fingerprint density at radius 1 is 1.39 bits per heavy atom. The van der Waals surface area contributed by atoms with Crippen LogP contribution in [0.2, 0.25) is 0 Å². The zero-order chi connectivity index (χ0) is 16.4. The third-order valence-corrected chi connectivity index (χ3v) is 4.28. The molecule has 2 N–H and O–H groups in total. The van der Waals surface area contributed by atoms with E-state index in [4.69, 9.17) is 10.2 Å². The zero-order valence-electron chi connectivity index (χ0n) is 13.0. The van der Waals surface area contributed by atoms with Crippen LogP contribution in [0.5, 0.6) is 0 Å². The highest BCUT2D eigenvalue weighted by molar-refractivity contribution is 5.77. The fourth-order valence-electron chi connectivity index (χ4n) is 2.89. The molecule has 0 atom stereocenters. The van der Waals surface area contributed by atoms with Crippen LogP contribution < -0.4 is 10.6 Å². The van der Waals surface area contributed by atoms with E-state index in [0.29, 0.717) is 37.7 Å². The summed E-state index contributed by atoms with van der Waals surface area (Å²) in [6.45, 7) is 3.24. The molecule has 0 radical (unpaired) electrons. The number of primary amides is 1. The number of nitrogens with zero attached hydrogens (tertiary/aromatic N) is 3. The summed E-state index contributed by atoms with van der Waals surface area (Å²) >= 11 is 0. The van der Waals surface area contributed by atoms with Crippen LogP contribution in [0.15, 0.2) is 28.7 Å². The molecule has 1 saturated heterocycles. The van der Waals surface area contributed by atoms with Crippen molar-refractivity contribution in [1.82, 2.24) is 4.98 Å². The van der Waals surface area contributed by atoms with Crippen molar-refractivity contribution in [2.45, 2.75) is 19.8 Å². The molecule has 1 aliphatic rings. The summed E-state index contributed by atoms with van der Waals surface area (Å²) in [5.74, 6) is 0.569. The number of nitriles is 1. The number of rotatable bonds is 3. The van der Waals surface area contributed by atoms with Gasteiger partial charge in [0, 0.05) is 24.6 Å². The lowest BCUT2D eigenvalue weighted by atomic mass is 9.96. The lowest BCUT2D eigenvalue weighted by molar-refractivity contribution is -0.122. The number of hydrogen-bond acceptors (Lipinski definition) is 5. The molecular weight excluding hydrogens is 292 g/mol. The van der Waals surface area contributed by atoms with Crippen molar-refractivity contribution >= 4 is 11.8 Å². The molecule has 23 heavy (non-hydrogen) atoms. The van der Waals surface area contributed by atoms with Crippen LogP contribution in [0.1, 0.15) is 24.1 Å². The van der Waals surface area contributed by atoms with Gasteiger partial charge >= 0.3 is 0 Å². The molecule has 2 heterocycles. The van der Waals surface area contributed by atoms with Crippen LogP contribution in [0, 0.1) is 24.2 Å². The number of piperidine rings is 1. The fraction of sp³-hybridized carbons (Fsp3) is 0.353. The molecule has 6 heteroatoms. The highest BCUT2D eigenvalue weighted by atomic mass is 16.4. The first-order chi connectivity index (χ1) is 11.1. The van der Waals surface area contributed by atoms with E-state index in [2.05, 4.69) is 11.1 Å². The molecule has 1 aliphatic heterocycles. The fourth-order valence-corrected chi connectivity index (χ4v) is 2.89. The Bertz CT molecular complexity index is 767. The van der Waals surface area contributed by atoms with E-state index in [1.165, 1.54) is 0 Å². The lowest BCUT2D eigenvalue weighted by Gasteiger charge is -2.30. The molecule has 0 aliphatic carbocycles. The third kappa shape index (κ3) is 2.90. The Labute approximate surface area is 134 Å². The minimum absolute atomic E-state index is 0.101. The maximum Gasteiger partial charge on any atom is 0.235 e. The predicted molar refractivity (Wildman–Crippen MR) is 85.5 cm³/mol. The highest BCUT2D eigenvalue weighted by Crippen LogP contribution is 2.32. The van der Waals surface area contributed by atoms with E-state index in [1.807, 2.05) is 36.1 Å². The average Bonchev–Trinajstić information content (AvgIpc) is 2.99. The molecule has 0 saturated carbocycles. The quantitative estimate of drug-likeness (QED) is 0.937. The minimum Gasteiger partial charge on any atom is -0.419 e. The molecule has 6 nitrogen and oxygen atoms in total. The Morgan fingerprint density at radius 3 is 2.70 bits per heavy atom. The maximum absolute atomic E-state index is 11.3. The normalized spacial score (nSPS) is 15.4. The number of benzene rings is 1. The smallest absolute Gasteiger partial charge is 0.235 e. The standard InChI is InChI=1S/C17H18N4O2/c1-11-4-2-3-5-13(11)16-20-14(10-18)17(23-16)21-8-6-12(7-9-21)15(19)22/h2-5,12H,6-9H2,1H3,(H2,19,22). The number of aromatic nitrogens is 1. The minimum atomic E-state index is -0.261. The van der Waals surface area contributed by atoms with Crippen molar-refractivity contribution < 1.29 is 9.21 Å². The van der Waals surface area contributed by atoms with Crippen LogP contribution in [-0.4, -0.2) is 24.0 Å². The highest BCUT2D eigenvalue weighted by Gasteiger charge is 2.28. The van der Waals surface area contributed by atoms with Crippen LogP contribution in [0.3, 0.4) is 0 Å². The summed E-state index contributed by atoms with van der Waals surface area (Å²) in [6, 6.07) is 9.86. The second-order valence-electron chi connectivity index (χ2n) is 5.76. The monoisotopic (exact) mass is 310 g/mol. The van der Waals surface area contributed by atoms with Gasteiger partial charge in [0.25, 0.3) is 0 Å². The summed E-state index contributed by atoms with van der Waals surface area (Å²) in [5.41, 5.74) is 7.55. The molecular formula is C17H18N4O2. The SMILES string of the molecule is Cc1ccccc1-c1nc(C#N)c(N2CCC(C(N)=O)CC2)o1. The van der Waals surface area contributed by atoms with Crippen molar-refractivity contribution in [3.05, 3.63) is 35.5 Å². The molecule has 118 valence electrons. The first-order valence-corrected chi connectivity index (χ1v) is 7.61.